The van der Waals surface area contributed by atoms with Gasteiger partial charge in [-0.25, -0.2) is 12.7 Å². The summed E-state index contributed by atoms with van der Waals surface area (Å²) in [6.45, 7) is 2.04. The van der Waals surface area contributed by atoms with E-state index in [2.05, 4.69) is 5.32 Å². The summed E-state index contributed by atoms with van der Waals surface area (Å²) in [5.74, 6) is -0.395. The summed E-state index contributed by atoms with van der Waals surface area (Å²) in [7, 11) is -0.764. The van der Waals surface area contributed by atoms with Crippen molar-refractivity contribution in [2.45, 2.75) is 30.7 Å². The van der Waals surface area contributed by atoms with Crippen LogP contribution < -0.4 is 5.32 Å². The minimum absolute atomic E-state index is 0.0313. The molecule has 1 unspecified atom stereocenters. The van der Waals surface area contributed by atoms with Crippen molar-refractivity contribution in [1.82, 2.24) is 9.62 Å². The molecule has 1 amide bonds. The fourth-order valence-corrected chi connectivity index (χ4v) is 3.71. The number of halogens is 1. The Balaban J connectivity index is 2.34. The van der Waals surface area contributed by atoms with Crippen molar-refractivity contribution in [1.29, 1.82) is 0 Å². The van der Waals surface area contributed by atoms with E-state index in [1.54, 1.807) is 0 Å². The molecule has 7 heteroatoms. The quantitative estimate of drug-likeness (QED) is 0.775. The van der Waals surface area contributed by atoms with Crippen LogP contribution in [-0.2, 0) is 10.0 Å². The molecule has 0 fully saturated rings. The Labute approximate surface area is 160 Å². The third-order valence-electron chi connectivity index (χ3n) is 4.05. The standard InChI is InChI=1S/C19H23ClN2O3S/c1-4-8-18(14-9-6-5-7-10-14)21-19(23)16-13-15(11-12-17(16)20)26(24,25)22(2)3/h5-7,9-13,18H,4,8H2,1-3H3,(H,21,23). The van der Waals surface area contributed by atoms with Crippen molar-refractivity contribution >= 4 is 27.5 Å². The molecule has 0 saturated carbocycles. The molecule has 140 valence electrons. The number of benzene rings is 2. The second kappa shape index (κ2) is 8.66. The van der Waals surface area contributed by atoms with E-state index in [0.717, 1.165) is 22.7 Å². The van der Waals surface area contributed by atoms with Crippen LogP contribution in [0.25, 0.3) is 0 Å². The number of sulfonamides is 1. The highest BCUT2D eigenvalue weighted by Crippen LogP contribution is 2.24. The number of rotatable bonds is 7. The zero-order valence-electron chi connectivity index (χ0n) is 15.1. The molecule has 0 bridgehead atoms. The van der Waals surface area contributed by atoms with E-state index >= 15 is 0 Å². The van der Waals surface area contributed by atoms with E-state index in [9.17, 15) is 13.2 Å². The maximum Gasteiger partial charge on any atom is 0.253 e. The molecule has 0 saturated heterocycles. The summed E-state index contributed by atoms with van der Waals surface area (Å²) >= 11 is 6.16. The first-order valence-electron chi connectivity index (χ1n) is 8.35. The molecule has 1 N–H and O–H groups in total. The van der Waals surface area contributed by atoms with Gasteiger partial charge in [0.05, 0.1) is 21.5 Å². The number of carbonyl (C=O) groups excluding carboxylic acids is 1. The molecule has 2 aromatic carbocycles. The number of nitrogens with one attached hydrogen (secondary N) is 1. The summed E-state index contributed by atoms with van der Waals surface area (Å²) in [6.07, 6.45) is 1.66. The van der Waals surface area contributed by atoms with Crippen molar-refractivity contribution < 1.29 is 13.2 Å². The van der Waals surface area contributed by atoms with Crippen LogP contribution in [0.4, 0.5) is 0 Å². The van der Waals surface area contributed by atoms with Gasteiger partial charge in [0.2, 0.25) is 10.0 Å². The molecule has 26 heavy (non-hydrogen) atoms. The summed E-state index contributed by atoms with van der Waals surface area (Å²) in [6, 6.07) is 13.6. The third-order valence-corrected chi connectivity index (χ3v) is 6.19. The van der Waals surface area contributed by atoms with Gasteiger partial charge in [0, 0.05) is 14.1 Å². The number of hydrogen-bond donors (Lipinski definition) is 1. The topological polar surface area (TPSA) is 66.5 Å². The second-order valence-corrected chi connectivity index (χ2v) is 8.71. The van der Waals surface area contributed by atoms with Crippen LogP contribution in [0.15, 0.2) is 53.4 Å². The first-order chi connectivity index (χ1) is 12.3. The van der Waals surface area contributed by atoms with Crippen LogP contribution in [-0.4, -0.2) is 32.7 Å². The number of nitrogens with zero attached hydrogens (tertiary/aromatic N) is 1. The van der Waals surface area contributed by atoms with Gasteiger partial charge in [-0.2, -0.15) is 0 Å². The van der Waals surface area contributed by atoms with Crippen molar-refractivity contribution in [2.24, 2.45) is 0 Å². The van der Waals surface area contributed by atoms with Crippen LogP contribution in [0.5, 0.6) is 0 Å². The second-order valence-electron chi connectivity index (χ2n) is 6.15. The van der Waals surface area contributed by atoms with Gasteiger partial charge in [-0.3, -0.25) is 4.79 Å². The third kappa shape index (κ3) is 4.63. The van der Waals surface area contributed by atoms with Crippen LogP contribution in [0.1, 0.15) is 41.7 Å². The molecule has 0 spiro atoms. The fourth-order valence-electron chi connectivity index (χ4n) is 2.58. The van der Waals surface area contributed by atoms with E-state index in [1.807, 2.05) is 37.3 Å². The molecule has 5 nitrogen and oxygen atoms in total. The van der Waals surface area contributed by atoms with Crippen molar-refractivity contribution in [3.8, 4) is 0 Å². The maximum atomic E-state index is 12.8. The average Bonchev–Trinajstić information content (AvgIpc) is 2.62. The SMILES string of the molecule is CCCC(NC(=O)c1cc(S(=O)(=O)N(C)C)ccc1Cl)c1ccccc1. The smallest absolute Gasteiger partial charge is 0.253 e. The minimum atomic E-state index is -3.65. The van der Waals surface area contributed by atoms with Crippen molar-refractivity contribution in [3.63, 3.8) is 0 Å². The highest BCUT2D eigenvalue weighted by atomic mass is 35.5. The summed E-state index contributed by atoms with van der Waals surface area (Å²) in [5, 5.41) is 3.18. The van der Waals surface area contributed by atoms with E-state index in [-0.39, 0.29) is 21.5 Å². The molecule has 0 radical (unpaired) electrons. The van der Waals surface area contributed by atoms with Gasteiger partial charge in [0.1, 0.15) is 0 Å². The van der Waals surface area contributed by atoms with Crippen LogP contribution >= 0.6 is 11.6 Å². The lowest BCUT2D eigenvalue weighted by Crippen LogP contribution is -2.29. The van der Waals surface area contributed by atoms with Crippen LogP contribution in [0, 0.1) is 0 Å². The molecule has 0 heterocycles. The maximum absolute atomic E-state index is 12.8. The van der Waals surface area contributed by atoms with Crippen molar-refractivity contribution in [3.05, 3.63) is 64.7 Å². The van der Waals surface area contributed by atoms with Gasteiger partial charge in [-0.1, -0.05) is 55.3 Å². The Kier molecular flexibility index (Phi) is 6.81. The van der Waals surface area contributed by atoms with E-state index < -0.39 is 15.9 Å². The summed E-state index contributed by atoms with van der Waals surface area (Å²) < 4.78 is 25.7. The van der Waals surface area contributed by atoms with Gasteiger partial charge in [-0.05, 0) is 30.2 Å². The Morgan fingerprint density at radius 1 is 1.15 bits per heavy atom. The molecule has 2 aromatic rings. The molecule has 0 aliphatic carbocycles. The van der Waals surface area contributed by atoms with E-state index in [4.69, 9.17) is 11.6 Å². The molecule has 1 atom stereocenters. The largest absolute Gasteiger partial charge is 0.345 e. The lowest BCUT2D eigenvalue weighted by molar-refractivity contribution is 0.0934. The van der Waals surface area contributed by atoms with Crippen LogP contribution in [0.2, 0.25) is 5.02 Å². The number of carbonyl (C=O) groups is 1. The lowest BCUT2D eigenvalue weighted by atomic mass is 10.0. The molecule has 2 rings (SSSR count). The predicted molar refractivity (Wildman–Crippen MR) is 104 cm³/mol. The van der Waals surface area contributed by atoms with E-state index in [0.29, 0.717) is 0 Å². The van der Waals surface area contributed by atoms with E-state index in [1.165, 1.54) is 32.3 Å². The molecule has 0 aliphatic heterocycles. The van der Waals surface area contributed by atoms with Gasteiger partial charge >= 0.3 is 0 Å². The Bertz CT molecular complexity index is 868. The minimum Gasteiger partial charge on any atom is -0.345 e. The normalized spacial score (nSPS) is 12.8. The predicted octanol–water partition coefficient (Wildman–Crippen LogP) is 3.86. The Hall–Kier alpha value is -1.89. The van der Waals surface area contributed by atoms with Crippen molar-refractivity contribution in [2.75, 3.05) is 14.1 Å². The van der Waals surface area contributed by atoms with Gasteiger partial charge in [-0.15, -0.1) is 0 Å². The first-order valence-corrected chi connectivity index (χ1v) is 10.2. The summed E-state index contributed by atoms with van der Waals surface area (Å²) in [5.41, 5.74) is 1.14. The first kappa shape index (κ1) is 20.4. The molecular weight excluding hydrogens is 372 g/mol. The van der Waals surface area contributed by atoms with Crippen LogP contribution in [0.3, 0.4) is 0 Å². The monoisotopic (exact) mass is 394 g/mol. The van der Waals surface area contributed by atoms with Gasteiger partial charge in [0.15, 0.2) is 0 Å². The Morgan fingerprint density at radius 3 is 2.38 bits per heavy atom. The lowest BCUT2D eigenvalue weighted by Gasteiger charge is -2.19. The summed E-state index contributed by atoms with van der Waals surface area (Å²) in [4.78, 5) is 12.8. The highest BCUT2D eigenvalue weighted by Gasteiger charge is 2.22. The number of amides is 1. The molecule has 0 aliphatic rings. The fraction of sp³-hybridized carbons (Fsp3) is 0.316. The zero-order valence-corrected chi connectivity index (χ0v) is 16.6. The van der Waals surface area contributed by atoms with Gasteiger partial charge < -0.3 is 5.32 Å². The Morgan fingerprint density at radius 2 is 1.81 bits per heavy atom. The average molecular weight is 395 g/mol. The zero-order chi connectivity index (χ0) is 19.3. The highest BCUT2D eigenvalue weighted by molar-refractivity contribution is 7.89. The number of hydrogen-bond acceptors (Lipinski definition) is 3. The van der Waals surface area contributed by atoms with Gasteiger partial charge in [0.25, 0.3) is 5.91 Å². The molecular formula is C19H23ClN2O3S. The molecule has 0 aromatic heterocycles.